The second kappa shape index (κ2) is 5.17. The highest BCUT2D eigenvalue weighted by molar-refractivity contribution is 5.47. The standard InChI is InChI=1S/C13H22N2/c1-10(2)11(3)15(4)13-7-5-12(9-14)6-8-13/h5-8,10-11H,9,14H2,1-4H3. The summed E-state index contributed by atoms with van der Waals surface area (Å²) >= 11 is 0. The Morgan fingerprint density at radius 1 is 1.13 bits per heavy atom. The van der Waals surface area contributed by atoms with E-state index in [9.17, 15) is 0 Å². The Bertz CT molecular complexity index is 290. The Morgan fingerprint density at radius 2 is 1.67 bits per heavy atom. The Kier molecular flexibility index (Phi) is 4.15. The molecule has 1 aromatic rings. The molecule has 84 valence electrons. The second-order valence-electron chi connectivity index (χ2n) is 4.47. The molecular weight excluding hydrogens is 184 g/mol. The normalized spacial score (nSPS) is 12.9. The number of nitrogens with zero attached hydrogens (tertiary/aromatic N) is 1. The van der Waals surface area contributed by atoms with E-state index >= 15 is 0 Å². The molecule has 0 amide bonds. The van der Waals surface area contributed by atoms with Crippen molar-refractivity contribution in [3.8, 4) is 0 Å². The van der Waals surface area contributed by atoms with Crippen LogP contribution in [-0.2, 0) is 6.54 Å². The van der Waals surface area contributed by atoms with E-state index in [1.807, 2.05) is 0 Å². The van der Waals surface area contributed by atoms with Gasteiger partial charge in [-0.15, -0.1) is 0 Å². The molecule has 0 saturated carbocycles. The molecule has 2 heteroatoms. The van der Waals surface area contributed by atoms with Gasteiger partial charge in [0.2, 0.25) is 0 Å². The lowest BCUT2D eigenvalue weighted by atomic mass is 10.0. The maximum Gasteiger partial charge on any atom is 0.0366 e. The van der Waals surface area contributed by atoms with Gasteiger partial charge in [0, 0.05) is 25.3 Å². The van der Waals surface area contributed by atoms with Gasteiger partial charge in [-0.2, -0.15) is 0 Å². The summed E-state index contributed by atoms with van der Waals surface area (Å²) in [6.07, 6.45) is 0. The molecule has 0 aliphatic heterocycles. The minimum atomic E-state index is 0.550. The zero-order valence-corrected chi connectivity index (χ0v) is 10.2. The third kappa shape index (κ3) is 2.96. The smallest absolute Gasteiger partial charge is 0.0366 e. The molecule has 0 saturated heterocycles. The second-order valence-corrected chi connectivity index (χ2v) is 4.47. The molecule has 0 heterocycles. The van der Waals surface area contributed by atoms with Crippen LogP contribution >= 0.6 is 0 Å². The van der Waals surface area contributed by atoms with Gasteiger partial charge in [-0.25, -0.2) is 0 Å². The zero-order valence-electron chi connectivity index (χ0n) is 10.2. The maximum atomic E-state index is 5.57. The third-order valence-corrected chi connectivity index (χ3v) is 3.16. The van der Waals surface area contributed by atoms with Crippen molar-refractivity contribution < 1.29 is 0 Å². The minimum absolute atomic E-state index is 0.550. The molecule has 0 aliphatic rings. The zero-order chi connectivity index (χ0) is 11.4. The molecule has 0 spiro atoms. The van der Waals surface area contributed by atoms with Crippen molar-refractivity contribution in [2.75, 3.05) is 11.9 Å². The average molecular weight is 206 g/mol. The number of rotatable bonds is 4. The summed E-state index contributed by atoms with van der Waals surface area (Å²) < 4.78 is 0. The van der Waals surface area contributed by atoms with Crippen LogP contribution in [0.25, 0.3) is 0 Å². The van der Waals surface area contributed by atoms with E-state index in [0.29, 0.717) is 18.5 Å². The molecule has 1 unspecified atom stereocenters. The largest absolute Gasteiger partial charge is 0.372 e. The van der Waals surface area contributed by atoms with Crippen molar-refractivity contribution in [1.29, 1.82) is 0 Å². The van der Waals surface area contributed by atoms with Crippen molar-refractivity contribution in [2.45, 2.75) is 33.4 Å². The Morgan fingerprint density at radius 3 is 2.07 bits per heavy atom. The summed E-state index contributed by atoms with van der Waals surface area (Å²) in [7, 11) is 2.14. The highest BCUT2D eigenvalue weighted by Crippen LogP contribution is 2.19. The van der Waals surface area contributed by atoms with Gasteiger partial charge in [0.25, 0.3) is 0 Å². The van der Waals surface area contributed by atoms with Gasteiger partial charge < -0.3 is 10.6 Å². The van der Waals surface area contributed by atoms with Crippen LogP contribution < -0.4 is 10.6 Å². The predicted octanol–water partition coefficient (Wildman–Crippen LogP) is 2.63. The Balaban J connectivity index is 2.78. The lowest BCUT2D eigenvalue weighted by molar-refractivity contribution is 0.505. The summed E-state index contributed by atoms with van der Waals surface area (Å²) in [6, 6.07) is 9.02. The lowest BCUT2D eigenvalue weighted by Crippen LogP contribution is -2.33. The molecule has 2 nitrogen and oxygen atoms in total. The van der Waals surface area contributed by atoms with Crippen LogP contribution in [0, 0.1) is 5.92 Å². The van der Waals surface area contributed by atoms with Crippen LogP contribution in [-0.4, -0.2) is 13.1 Å². The first-order valence-electron chi connectivity index (χ1n) is 5.58. The van der Waals surface area contributed by atoms with E-state index in [-0.39, 0.29) is 0 Å². The van der Waals surface area contributed by atoms with Gasteiger partial charge in [-0.05, 0) is 30.5 Å². The number of anilines is 1. The molecule has 0 radical (unpaired) electrons. The fourth-order valence-electron chi connectivity index (χ4n) is 1.55. The molecule has 15 heavy (non-hydrogen) atoms. The molecule has 1 aromatic carbocycles. The third-order valence-electron chi connectivity index (χ3n) is 3.16. The van der Waals surface area contributed by atoms with E-state index in [1.54, 1.807) is 0 Å². The Hall–Kier alpha value is -1.02. The van der Waals surface area contributed by atoms with Crippen LogP contribution in [0.3, 0.4) is 0 Å². The van der Waals surface area contributed by atoms with E-state index < -0.39 is 0 Å². The van der Waals surface area contributed by atoms with Gasteiger partial charge in [-0.3, -0.25) is 0 Å². The summed E-state index contributed by atoms with van der Waals surface area (Å²) in [6.45, 7) is 7.36. The fraction of sp³-hybridized carbons (Fsp3) is 0.538. The van der Waals surface area contributed by atoms with Crippen LogP contribution in [0.15, 0.2) is 24.3 Å². The number of nitrogens with two attached hydrogens (primary N) is 1. The van der Waals surface area contributed by atoms with Crippen LogP contribution in [0.5, 0.6) is 0 Å². The number of hydrogen-bond acceptors (Lipinski definition) is 2. The van der Waals surface area contributed by atoms with Crippen LogP contribution in [0.4, 0.5) is 5.69 Å². The van der Waals surface area contributed by atoms with Crippen LogP contribution in [0.1, 0.15) is 26.3 Å². The molecule has 0 fully saturated rings. The molecule has 1 rings (SSSR count). The van der Waals surface area contributed by atoms with Crippen molar-refractivity contribution in [2.24, 2.45) is 11.7 Å². The monoisotopic (exact) mass is 206 g/mol. The molecule has 0 bridgehead atoms. The summed E-state index contributed by atoms with van der Waals surface area (Å²) in [5.74, 6) is 0.657. The summed E-state index contributed by atoms with van der Waals surface area (Å²) in [4.78, 5) is 2.31. The van der Waals surface area contributed by atoms with Crippen molar-refractivity contribution >= 4 is 5.69 Å². The maximum absolute atomic E-state index is 5.57. The predicted molar refractivity (Wildman–Crippen MR) is 67.0 cm³/mol. The minimum Gasteiger partial charge on any atom is -0.372 e. The number of benzene rings is 1. The van der Waals surface area contributed by atoms with Gasteiger partial charge in [0.15, 0.2) is 0 Å². The molecule has 2 N–H and O–H groups in total. The average Bonchev–Trinajstić information content (AvgIpc) is 2.27. The molecule has 0 aliphatic carbocycles. The van der Waals surface area contributed by atoms with Crippen molar-refractivity contribution in [3.05, 3.63) is 29.8 Å². The van der Waals surface area contributed by atoms with Gasteiger partial charge in [0.05, 0.1) is 0 Å². The van der Waals surface area contributed by atoms with Gasteiger partial charge in [0.1, 0.15) is 0 Å². The first-order chi connectivity index (χ1) is 7.06. The molecular formula is C13H22N2. The van der Waals surface area contributed by atoms with Gasteiger partial charge in [-0.1, -0.05) is 26.0 Å². The highest BCUT2D eigenvalue weighted by Gasteiger charge is 2.13. The highest BCUT2D eigenvalue weighted by atomic mass is 15.1. The number of hydrogen-bond donors (Lipinski definition) is 1. The molecule has 1 atom stereocenters. The van der Waals surface area contributed by atoms with E-state index in [2.05, 4.69) is 57.0 Å². The van der Waals surface area contributed by atoms with E-state index in [0.717, 1.165) is 0 Å². The summed E-state index contributed by atoms with van der Waals surface area (Å²) in [5, 5.41) is 0. The van der Waals surface area contributed by atoms with E-state index in [1.165, 1.54) is 11.3 Å². The quantitative estimate of drug-likeness (QED) is 0.820. The van der Waals surface area contributed by atoms with Crippen molar-refractivity contribution in [3.63, 3.8) is 0 Å². The topological polar surface area (TPSA) is 29.3 Å². The Labute approximate surface area is 93.1 Å². The first kappa shape index (κ1) is 12.1. The molecule has 0 aromatic heterocycles. The van der Waals surface area contributed by atoms with Crippen LogP contribution in [0.2, 0.25) is 0 Å². The fourth-order valence-corrected chi connectivity index (χ4v) is 1.55. The lowest BCUT2D eigenvalue weighted by Gasteiger charge is -2.30. The van der Waals surface area contributed by atoms with Gasteiger partial charge >= 0.3 is 0 Å². The van der Waals surface area contributed by atoms with E-state index in [4.69, 9.17) is 5.73 Å². The van der Waals surface area contributed by atoms with Crippen molar-refractivity contribution in [1.82, 2.24) is 0 Å². The SMILES string of the molecule is CC(C)C(C)N(C)c1ccc(CN)cc1. The first-order valence-corrected chi connectivity index (χ1v) is 5.58. The summed E-state index contributed by atoms with van der Waals surface area (Å²) in [5.41, 5.74) is 8.01.